The average Bonchev–Trinajstić information content (AvgIpc) is 3.09. The standard InChI is InChI=1S/C17H24ClN3O2/c1-4-5-6-7-10-19-17(22)15-9-8-14(23-15)11-21-13(3)16(18)12(2)20-21/h8-9H,4-7,10-11H2,1-3H3,(H,19,22). The zero-order valence-electron chi connectivity index (χ0n) is 14.0. The molecule has 0 radical (unpaired) electrons. The second-order valence-corrected chi connectivity index (χ2v) is 6.10. The molecule has 0 aliphatic heterocycles. The number of aromatic nitrogens is 2. The molecule has 1 N–H and O–H groups in total. The molecule has 0 spiro atoms. The Morgan fingerprint density at radius 1 is 1.30 bits per heavy atom. The summed E-state index contributed by atoms with van der Waals surface area (Å²) >= 11 is 6.14. The van der Waals surface area contributed by atoms with Gasteiger partial charge in [0.15, 0.2) is 5.76 Å². The SMILES string of the molecule is CCCCCCNC(=O)c1ccc(Cn2nc(C)c(Cl)c2C)o1. The molecule has 0 aromatic carbocycles. The minimum absolute atomic E-state index is 0.167. The van der Waals surface area contributed by atoms with E-state index in [-0.39, 0.29) is 5.91 Å². The molecule has 6 heteroatoms. The third kappa shape index (κ3) is 4.61. The van der Waals surface area contributed by atoms with Gasteiger partial charge >= 0.3 is 0 Å². The lowest BCUT2D eigenvalue weighted by Gasteiger charge is -2.03. The molecular formula is C17H24ClN3O2. The first-order chi connectivity index (χ1) is 11.0. The van der Waals surface area contributed by atoms with Gasteiger partial charge in [0.25, 0.3) is 5.91 Å². The number of hydrogen-bond acceptors (Lipinski definition) is 3. The van der Waals surface area contributed by atoms with Crippen molar-refractivity contribution in [2.45, 2.75) is 53.0 Å². The lowest BCUT2D eigenvalue weighted by Crippen LogP contribution is -2.23. The summed E-state index contributed by atoms with van der Waals surface area (Å²) < 4.78 is 7.40. The summed E-state index contributed by atoms with van der Waals surface area (Å²) in [5.41, 5.74) is 1.68. The van der Waals surface area contributed by atoms with Crippen LogP contribution in [-0.4, -0.2) is 22.2 Å². The Morgan fingerprint density at radius 2 is 2.09 bits per heavy atom. The van der Waals surface area contributed by atoms with Gasteiger partial charge in [0, 0.05) is 6.54 Å². The third-order valence-corrected chi connectivity index (χ3v) is 4.35. The van der Waals surface area contributed by atoms with Gasteiger partial charge in [-0.15, -0.1) is 0 Å². The highest BCUT2D eigenvalue weighted by atomic mass is 35.5. The van der Waals surface area contributed by atoms with E-state index in [0.717, 1.165) is 24.2 Å². The van der Waals surface area contributed by atoms with Crippen LogP contribution in [0.5, 0.6) is 0 Å². The minimum Gasteiger partial charge on any atom is -0.454 e. The van der Waals surface area contributed by atoms with Crippen LogP contribution in [0.1, 0.15) is 60.3 Å². The predicted octanol–water partition coefficient (Wildman–Crippen LogP) is 4.10. The highest BCUT2D eigenvalue weighted by molar-refractivity contribution is 6.31. The number of amides is 1. The molecule has 0 saturated heterocycles. The van der Waals surface area contributed by atoms with Crippen molar-refractivity contribution in [2.24, 2.45) is 0 Å². The molecule has 0 aliphatic rings. The quantitative estimate of drug-likeness (QED) is 0.737. The molecule has 0 atom stereocenters. The molecule has 1 amide bonds. The number of rotatable bonds is 8. The van der Waals surface area contributed by atoms with Crippen LogP contribution in [0.3, 0.4) is 0 Å². The lowest BCUT2D eigenvalue weighted by molar-refractivity contribution is 0.0923. The monoisotopic (exact) mass is 337 g/mol. The van der Waals surface area contributed by atoms with Gasteiger partial charge in [-0.1, -0.05) is 37.8 Å². The van der Waals surface area contributed by atoms with E-state index in [0.29, 0.717) is 29.6 Å². The summed E-state index contributed by atoms with van der Waals surface area (Å²) in [6.45, 7) is 7.09. The summed E-state index contributed by atoms with van der Waals surface area (Å²) in [6, 6.07) is 3.50. The molecule has 0 saturated carbocycles. The highest BCUT2D eigenvalue weighted by Gasteiger charge is 2.14. The van der Waals surface area contributed by atoms with Crippen LogP contribution in [0.25, 0.3) is 0 Å². The molecule has 0 bridgehead atoms. The number of aryl methyl sites for hydroxylation is 1. The van der Waals surface area contributed by atoms with Crippen LogP contribution in [0, 0.1) is 13.8 Å². The number of furan rings is 1. The molecular weight excluding hydrogens is 314 g/mol. The smallest absolute Gasteiger partial charge is 0.286 e. The normalized spacial score (nSPS) is 11.0. The van der Waals surface area contributed by atoms with Crippen molar-refractivity contribution in [3.8, 4) is 0 Å². The van der Waals surface area contributed by atoms with Gasteiger partial charge in [0.1, 0.15) is 5.76 Å². The van der Waals surface area contributed by atoms with Crippen molar-refractivity contribution in [3.05, 3.63) is 40.1 Å². The zero-order valence-corrected chi connectivity index (χ0v) is 14.7. The summed E-state index contributed by atoms with van der Waals surface area (Å²) in [6.07, 6.45) is 4.52. The van der Waals surface area contributed by atoms with Crippen LogP contribution < -0.4 is 5.32 Å². The molecule has 23 heavy (non-hydrogen) atoms. The molecule has 2 rings (SSSR count). The fourth-order valence-corrected chi connectivity index (χ4v) is 2.54. The van der Waals surface area contributed by atoms with Gasteiger partial charge in [0.2, 0.25) is 0 Å². The van der Waals surface area contributed by atoms with Crippen molar-refractivity contribution in [2.75, 3.05) is 6.54 Å². The number of carbonyl (C=O) groups excluding carboxylic acids is 1. The van der Waals surface area contributed by atoms with Crippen molar-refractivity contribution in [1.82, 2.24) is 15.1 Å². The molecule has 2 aromatic rings. The zero-order chi connectivity index (χ0) is 16.8. The van der Waals surface area contributed by atoms with E-state index >= 15 is 0 Å². The Labute approximate surface area is 142 Å². The molecule has 2 heterocycles. The second kappa shape index (κ2) is 8.20. The fourth-order valence-electron chi connectivity index (χ4n) is 2.40. The van der Waals surface area contributed by atoms with Crippen LogP contribution in [0.2, 0.25) is 5.02 Å². The van der Waals surface area contributed by atoms with Crippen molar-refractivity contribution < 1.29 is 9.21 Å². The van der Waals surface area contributed by atoms with Gasteiger partial charge < -0.3 is 9.73 Å². The molecule has 5 nitrogen and oxygen atoms in total. The van der Waals surface area contributed by atoms with Gasteiger partial charge in [-0.3, -0.25) is 9.48 Å². The van der Waals surface area contributed by atoms with E-state index in [1.165, 1.54) is 12.8 Å². The molecule has 2 aromatic heterocycles. The Morgan fingerprint density at radius 3 is 2.74 bits per heavy atom. The molecule has 126 valence electrons. The van der Waals surface area contributed by atoms with Crippen LogP contribution >= 0.6 is 11.6 Å². The summed E-state index contributed by atoms with van der Waals surface area (Å²) in [5, 5.41) is 7.91. The van der Waals surface area contributed by atoms with E-state index in [1.54, 1.807) is 16.8 Å². The van der Waals surface area contributed by atoms with E-state index in [9.17, 15) is 4.79 Å². The van der Waals surface area contributed by atoms with E-state index in [4.69, 9.17) is 16.0 Å². The molecule has 0 unspecified atom stereocenters. The van der Waals surface area contributed by atoms with Gasteiger partial charge in [-0.25, -0.2) is 0 Å². The Hall–Kier alpha value is -1.75. The third-order valence-electron chi connectivity index (χ3n) is 3.80. The van der Waals surface area contributed by atoms with Crippen molar-refractivity contribution in [1.29, 1.82) is 0 Å². The molecule has 0 aliphatic carbocycles. The van der Waals surface area contributed by atoms with Crippen LogP contribution in [-0.2, 0) is 6.54 Å². The number of nitrogens with one attached hydrogen (secondary N) is 1. The Kier molecular flexibility index (Phi) is 6.28. The fraction of sp³-hybridized carbons (Fsp3) is 0.529. The first kappa shape index (κ1) is 17.6. The maximum Gasteiger partial charge on any atom is 0.286 e. The largest absolute Gasteiger partial charge is 0.454 e. The van der Waals surface area contributed by atoms with Crippen molar-refractivity contribution >= 4 is 17.5 Å². The van der Waals surface area contributed by atoms with E-state index in [1.807, 2.05) is 13.8 Å². The first-order valence-corrected chi connectivity index (χ1v) is 8.47. The second-order valence-electron chi connectivity index (χ2n) is 5.72. The van der Waals surface area contributed by atoms with E-state index in [2.05, 4.69) is 17.3 Å². The minimum atomic E-state index is -0.167. The number of carbonyl (C=O) groups is 1. The Bertz CT molecular complexity index is 661. The summed E-state index contributed by atoms with van der Waals surface area (Å²) in [5.74, 6) is 0.852. The number of hydrogen-bond donors (Lipinski definition) is 1. The summed E-state index contributed by atoms with van der Waals surface area (Å²) in [4.78, 5) is 12.0. The number of halogens is 1. The van der Waals surface area contributed by atoms with Gasteiger partial charge in [0.05, 0.1) is 23.0 Å². The average molecular weight is 338 g/mol. The van der Waals surface area contributed by atoms with Gasteiger partial charge in [-0.2, -0.15) is 5.10 Å². The van der Waals surface area contributed by atoms with Crippen molar-refractivity contribution in [3.63, 3.8) is 0 Å². The number of nitrogens with zero attached hydrogens (tertiary/aromatic N) is 2. The molecule has 0 fully saturated rings. The lowest BCUT2D eigenvalue weighted by atomic mass is 10.2. The Balaban J connectivity index is 1.89. The summed E-state index contributed by atoms with van der Waals surface area (Å²) in [7, 11) is 0. The predicted molar refractivity (Wildman–Crippen MR) is 91.0 cm³/mol. The van der Waals surface area contributed by atoms with Crippen LogP contribution in [0.15, 0.2) is 16.5 Å². The van der Waals surface area contributed by atoms with Gasteiger partial charge in [-0.05, 0) is 32.4 Å². The van der Waals surface area contributed by atoms with Crippen LogP contribution in [0.4, 0.5) is 0 Å². The van der Waals surface area contributed by atoms with E-state index < -0.39 is 0 Å². The first-order valence-electron chi connectivity index (χ1n) is 8.09. The number of unbranched alkanes of at least 4 members (excludes halogenated alkanes) is 3. The maximum absolute atomic E-state index is 12.0. The highest BCUT2D eigenvalue weighted by Crippen LogP contribution is 2.20. The topological polar surface area (TPSA) is 60.1 Å². The maximum atomic E-state index is 12.0.